The van der Waals surface area contributed by atoms with E-state index in [9.17, 15) is 0 Å². The molecule has 0 radical (unpaired) electrons. The smallest absolute Gasteiger partial charge is 0.0393 e. The lowest BCUT2D eigenvalue weighted by Gasteiger charge is -2.41. The van der Waals surface area contributed by atoms with Crippen LogP contribution in [0, 0.1) is 6.92 Å². The maximum atomic E-state index is 6.25. The van der Waals surface area contributed by atoms with Gasteiger partial charge in [0.15, 0.2) is 0 Å². The van der Waals surface area contributed by atoms with Crippen LogP contribution in [-0.4, -0.2) is 19.1 Å². The number of benzene rings is 1. The Bertz CT molecular complexity index is 342. The van der Waals surface area contributed by atoms with Gasteiger partial charge in [0, 0.05) is 24.8 Å². The number of nitrogens with zero attached hydrogens (tertiary/aromatic N) is 1. The van der Waals surface area contributed by atoms with Gasteiger partial charge < -0.3 is 10.6 Å². The van der Waals surface area contributed by atoms with E-state index in [1.165, 1.54) is 30.5 Å². The molecule has 2 heteroatoms. The first kappa shape index (κ1) is 10.5. The first-order chi connectivity index (χ1) is 7.11. The van der Waals surface area contributed by atoms with Gasteiger partial charge in [0.25, 0.3) is 0 Å². The SMILES string of the molecule is Cc1ccccc1N(C)CC1(N)CCC1. The normalized spacial score (nSPS) is 18.3. The summed E-state index contributed by atoms with van der Waals surface area (Å²) >= 11 is 0. The van der Waals surface area contributed by atoms with Crippen LogP contribution >= 0.6 is 0 Å². The molecule has 82 valence electrons. The van der Waals surface area contributed by atoms with Crippen LogP contribution in [-0.2, 0) is 0 Å². The van der Waals surface area contributed by atoms with Crippen LogP contribution in [0.2, 0.25) is 0 Å². The van der Waals surface area contributed by atoms with Gasteiger partial charge in [-0.3, -0.25) is 0 Å². The van der Waals surface area contributed by atoms with E-state index in [1.54, 1.807) is 0 Å². The van der Waals surface area contributed by atoms with Crippen molar-refractivity contribution >= 4 is 5.69 Å². The molecule has 0 aromatic heterocycles. The van der Waals surface area contributed by atoms with Gasteiger partial charge in [-0.2, -0.15) is 0 Å². The van der Waals surface area contributed by atoms with E-state index in [-0.39, 0.29) is 5.54 Å². The Hall–Kier alpha value is -1.02. The molecule has 2 N–H and O–H groups in total. The highest BCUT2D eigenvalue weighted by Gasteiger charge is 2.33. The van der Waals surface area contributed by atoms with Gasteiger partial charge in [0.2, 0.25) is 0 Å². The monoisotopic (exact) mass is 204 g/mol. The van der Waals surface area contributed by atoms with Crippen molar-refractivity contribution < 1.29 is 0 Å². The number of para-hydroxylation sites is 1. The molecule has 15 heavy (non-hydrogen) atoms. The molecule has 0 bridgehead atoms. The minimum atomic E-state index is 0.0665. The molecule has 1 saturated carbocycles. The number of likely N-dealkylation sites (N-methyl/N-ethyl adjacent to an activating group) is 1. The maximum absolute atomic E-state index is 6.25. The van der Waals surface area contributed by atoms with Gasteiger partial charge in [0.05, 0.1) is 0 Å². The molecular formula is C13H20N2. The maximum Gasteiger partial charge on any atom is 0.0393 e. The molecule has 1 aromatic carbocycles. The second-order valence-corrected chi connectivity index (χ2v) is 4.86. The van der Waals surface area contributed by atoms with Crippen LogP contribution < -0.4 is 10.6 Å². The van der Waals surface area contributed by atoms with Crippen molar-refractivity contribution in [3.8, 4) is 0 Å². The largest absolute Gasteiger partial charge is 0.373 e. The van der Waals surface area contributed by atoms with Crippen LogP contribution in [0.1, 0.15) is 24.8 Å². The summed E-state index contributed by atoms with van der Waals surface area (Å²) in [5, 5.41) is 0. The van der Waals surface area contributed by atoms with Crippen LogP contribution in [0.3, 0.4) is 0 Å². The molecule has 0 heterocycles. The van der Waals surface area contributed by atoms with Crippen LogP contribution in [0.4, 0.5) is 5.69 Å². The molecule has 1 aromatic rings. The fourth-order valence-electron chi connectivity index (χ4n) is 2.34. The van der Waals surface area contributed by atoms with E-state index in [0.29, 0.717) is 0 Å². The zero-order valence-corrected chi connectivity index (χ0v) is 9.66. The van der Waals surface area contributed by atoms with Crippen LogP contribution in [0.15, 0.2) is 24.3 Å². The van der Waals surface area contributed by atoms with E-state index in [1.807, 2.05) is 0 Å². The van der Waals surface area contributed by atoms with Gasteiger partial charge in [0.1, 0.15) is 0 Å². The summed E-state index contributed by atoms with van der Waals surface area (Å²) in [6, 6.07) is 8.48. The molecule has 1 aliphatic carbocycles. The lowest BCUT2D eigenvalue weighted by atomic mass is 9.77. The molecule has 2 rings (SSSR count). The highest BCUT2D eigenvalue weighted by Crippen LogP contribution is 2.31. The highest BCUT2D eigenvalue weighted by molar-refractivity contribution is 5.52. The molecule has 1 aliphatic rings. The molecule has 2 nitrogen and oxygen atoms in total. The average molecular weight is 204 g/mol. The Morgan fingerprint density at radius 1 is 1.33 bits per heavy atom. The summed E-state index contributed by atoms with van der Waals surface area (Å²) in [5.74, 6) is 0. The van der Waals surface area contributed by atoms with Crippen molar-refractivity contribution in [2.24, 2.45) is 5.73 Å². The second-order valence-electron chi connectivity index (χ2n) is 4.86. The van der Waals surface area contributed by atoms with Crippen LogP contribution in [0.25, 0.3) is 0 Å². The van der Waals surface area contributed by atoms with E-state index in [2.05, 4.69) is 43.1 Å². The molecular weight excluding hydrogens is 184 g/mol. The van der Waals surface area contributed by atoms with Gasteiger partial charge in [-0.15, -0.1) is 0 Å². The predicted octanol–water partition coefficient (Wildman–Crippen LogP) is 2.31. The molecule has 0 unspecified atom stereocenters. The van der Waals surface area contributed by atoms with E-state index < -0.39 is 0 Å². The first-order valence-corrected chi connectivity index (χ1v) is 5.66. The summed E-state index contributed by atoms with van der Waals surface area (Å²) < 4.78 is 0. The molecule has 0 atom stereocenters. The zero-order chi connectivity index (χ0) is 10.9. The van der Waals surface area contributed by atoms with E-state index >= 15 is 0 Å². The first-order valence-electron chi connectivity index (χ1n) is 5.66. The van der Waals surface area contributed by atoms with Crippen molar-refractivity contribution in [2.45, 2.75) is 31.7 Å². The van der Waals surface area contributed by atoms with Gasteiger partial charge in [-0.1, -0.05) is 18.2 Å². The average Bonchev–Trinajstić information content (AvgIpc) is 2.16. The van der Waals surface area contributed by atoms with Gasteiger partial charge in [-0.25, -0.2) is 0 Å². The van der Waals surface area contributed by atoms with E-state index in [4.69, 9.17) is 5.73 Å². The Morgan fingerprint density at radius 2 is 2.00 bits per heavy atom. The minimum Gasteiger partial charge on any atom is -0.373 e. The quantitative estimate of drug-likeness (QED) is 0.818. The summed E-state index contributed by atoms with van der Waals surface area (Å²) in [4.78, 5) is 2.29. The second kappa shape index (κ2) is 3.86. The Balaban J connectivity index is 2.07. The van der Waals surface area contributed by atoms with Crippen molar-refractivity contribution in [3.05, 3.63) is 29.8 Å². The zero-order valence-electron chi connectivity index (χ0n) is 9.66. The molecule has 1 fully saturated rings. The van der Waals surface area contributed by atoms with Crippen LogP contribution in [0.5, 0.6) is 0 Å². The fraction of sp³-hybridized carbons (Fsp3) is 0.538. The molecule has 0 amide bonds. The number of rotatable bonds is 3. The highest BCUT2D eigenvalue weighted by atomic mass is 15.1. The van der Waals surface area contributed by atoms with Gasteiger partial charge in [-0.05, 0) is 37.8 Å². The number of aryl methyl sites for hydroxylation is 1. The Morgan fingerprint density at radius 3 is 2.53 bits per heavy atom. The number of hydrogen-bond donors (Lipinski definition) is 1. The Labute approximate surface area is 92.1 Å². The van der Waals surface area contributed by atoms with Crippen molar-refractivity contribution in [1.29, 1.82) is 0 Å². The molecule has 0 saturated heterocycles. The third-order valence-electron chi connectivity index (χ3n) is 3.43. The molecule has 0 spiro atoms. The lowest BCUT2D eigenvalue weighted by molar-refractivity contribution is 0.255. The van der Waals surface area contributed by atoms with Gasteiger partial charge >= 0.3 is 0 Å². The molecule has 0 aliphatic heterocycles. The Kier molecular flexibility index (Phi) is 2.70. The minimum absolute atomic E-state index is 0.0665. The summed E-state index contributed by atoms with van der Waals surface area (Å²) in [6.45, 7) is 3.12. The van der Waals surface area contributed by atoms with E-state index in [0.717, 1.165) is 6.54 Å². The fourth-order valence-corrected chi connectivity index (χ4v) is 2.34. The summed E-state index contributed by atoms with van der Waals surface area (Å²) in [7, 11) is 2.13. The van der Waals surface area contributed by atoms with Crippen molar-refractivity contribution in [3.63, 3.8) is 0 Å². The summed E-state index contributed by atoms with van der Waals surface area (Å²) in [5.41, 5.74) is 8.94. The third-order valence-corrected chi connectivity index (χ3v) is 3.43. The number of anilines is 1. The number of nitrogens with two attached hydrogens (primary N) is 1. The lowest BCUT2D eigenvalue weighted by Crippen LogP contribution is -2.54. The van der Waals surface area contributed by atoms with Crippen molar-refractivity contribution in [2.75, 3.05) is 18.5 Å². The predicted molar refractivity (Wildman–Crippen MR) is 65.2 cm³/mol. The standard InChI is InChI=1S/C13H20N2/c1-11-6-3-4-7-12(11)15(2)10-13(14)8-5-9-13/h3-4,6-7H,5,8-10,14H2,1-2H3. The van der Waals surface area contributed by atoms with Crippen molar-refractivity contribution in [1.82, 2.24) is 0 Å². The summed E-state index contributed by atoms with van der Waals surface area (Å²) in [6.07, 6.45) is 3.63. The topological polar surface area (TPSA) is 29.3 Å². The number of hydrogen-bond acceptors (Lipinski definition) is 2. The third kappa shape index (κ3) is 2.15.